The summed E-state index contributed by atoms with van der Waals surface area (Å²) in [7, 11) is 3.90. The fourth-order valence-corrected chi connectivity index (χ4v) is 5.28. The van der Waals surface area contributed by atoms with E-state index in [0.717, 1.165) is 31.2 Å². The van der Waals surface area contributed by atoms with Crippen LogP contribution in [0.2, 0.25) is 0 Å². The molecule has 0 spiro atoms. The standard InChI is InChI=1S/C29H41N5O5/c1-18(2)15-24(25(35)28-32-34(29(38)39-28)16-19-13-14-19)31-27(37)22-11-7-8-12-23(22)30-26(36)21-10-6-5-9-20(21)17-33(3)4/h5-6,9-10,18-19,22-24H,7-8,11-17H2,1-4H3,(H,30,36)(H,31,37)/t22-,23+,24?/m1/s1. The number of amides is 2. The van der Waals surface area contributed by atoms with Crippen LogP contribution in [0, 0.1) is 17.8 Å². The molecule has 2 aliphatic carbocycles. The SMILES string of the molecule is CC(C)CC(NC(=O)[C@@H]1CCCC[C@@H]1NC(=O)c1ccccc1CN(C)C)C(=O)c1nn(CC2CC2)c(=O)o1. The molecule has 2 amide bonds. The number of aromatic nitrogens is 2. The van der Waals surface area contributed by atoms with Crippen molar-refractivity contribution in [2.75, 3.05) is 14.1 Å². The van der Waals surface area contributed by atoms with Gasteiger partial charge in [-0.1, -0.05) is 44.9 Å². The predicted octanol–water partition coefficient (Wildman–Crippen LogP) is 3.01. The largest absolute Gasteiger partial charge is 0.437 e. The van der Waals surface area contributed by atoms with Gasteiger partial charge in [-0.05, 0) is 69.7 Å². The highest BCUT2D eigenvalue weighted by Gasteiger charge is 2.36. The minimum Gasteiger partial charge on any atom is -0.384 e. The van der Waals surface area contributed by atoms with Crippen molar-refractivity contribution in [1.82, 2.24) is 25.3 Å². The lowest BCUT2D eigenvalue weighted by Crippen LogP contribution is -2.52. The number of hydrogen-bond acceptors (Lipinski definition) is 7. The third-order valence-electron chi connectivity index (χ3n) is 7.45. The Bertz CT molecular complexity index is 1230. The minimum absolute atomic E-state index is 0.106. The van der Waals surface area contributed by atoms with Crippen LogP contribution in [0.25, 0.3) is 0 Å². The van der Waals surface area contributed by atoms with Crippen molar-refractivity contribution >= 4 is 17.6 Å². The Hall–Kier alpha value is -3.27. The topological polar surface area (TPSA) is 127 Å². The van der Waals surface area contributed by atoms with E-state index in [1.807, 2.05) is 51.0 Å². The first-order valence-corrected chi connectivity index (χ1v) is 14.1. The summed E-state index contributed by atoms with van der Waals surface area (Å²) in [6.07, 6.45) is 5.53. The Kier molecular flexibility index (Phi) is 9.37. The molecule has 3 atom stereocenters. The van der Waals surface area contributed by atoms with E-state index < -0.39 is 23.5 Å². The lowest BCUT2D eigenvalue weighted by Gasteiger charge is -2.32. The van der Waals surface area contributed by atoms with Gasteiger partial charge in [-0.3, -0.25) is 14.4 Å². The van der Waals surface area contributed by atoms with Crippen LogP contribution in [0.4, 0.5) is 0 Å². The smallest absolute Gasteiger partial charge is 0.384 e. The van der Waals surface area contributed by atoms with Crippen LogP contribution in [0.1, 0.15) is 85.4 Å². The van der Waals surface area contributed by atoms with Crippen LogP contribution < -0.4 is 16.4 Å². The number of rotatable bonds is 12. The summed E-state index contributed by atoms with van der Waals surface area (Å²) in [6, 6.07) is 6.28. The van der Waals surface area contributed by atoms with Crippen LogP contribution in [-0.4, -0.2) is 58.5 Å². The van der Waals surface area contributed by atoms with E-state index in [9.17, 15) is 19.2 Å². The molecule has 0 aliphatic heterocycles. The lowest BCUT2D eigenvalue weighted by atomic mass is 9.83. The van der Waals surface area contributed by atoms with Gasteiger partial charge in [0, 0.05) is 18.2 Å². The Labute approximate surface area is 229 Å². The van der Waals surface area contributed by atoms with E-state index in [1.54, 1.807) is 6.07 Å². The van der Waals surface area contributed by atoms with Crippen molar-refractivity contribution in [3.05, 3.63) is 51.8 Å². The van der Waals surface area contributed by atoms with Crippen LogP contribution >= 0.6 is 0 Å². The van der Waals surface area contributed by atoms with Crippen LogP contribution in [-0.2, 0) is 17.9 Å². The van der Waals surface area contributed by atoms with Crippen molar-refractivity contribution in [3.63, 3.8) is 0 Å². The third kappa shape index (κ3) is 7.65. The van der Waals surface area contributed by atoms with Crippen molar-refractivity contribution in [3.8, 4) is 0 Å². The van der Waals surface area contributed by atoms with Gasteiger partial charge in [-0.2, -0.15) is 4.68 Å². The molecule has 0 bridgehead atoms. The molecule has 0 radical (unpaired) electrons. The number of nitrogens with zero attached hydrogens (tertiary/aromatic N) is 3. The fraction of sp³-hybridized carbons (Fsp3) is 0.621. The Morgan fingerprint density at radius 2 is 1.82 bits per heavy atom. The zero-order chi connectivity index (χ0) is 28.1. The van der Waals surface area contributed by atoms with Gasteiger partial charge in [0.05, 0.1) is 18.5 Å². The number of carbonyl (C=O) groups is 3. The molecule has 212 valence electrons. The maximum Gasteiger partial charge on any atom is 0.437 e. The number of nitrogens with one attached hydrogen (secondary N) is 2. The number of hydrogen-bond donors (Lipinski definition) is 2. The molecule has 1 heterocycles. The number of Topliss-reactive ketones (excluding diaryl/α,β-unsaturated/α-hetero) is 1. The molecule has 4 rings (SSSR count). The maximum absolute atomic E-state index is 13.6. The Morgan fingerprint density at radius 1 is 1.10 bits per heavy atom. The second kappa shape index (κ2) is 12.7. The first-order valence-electron chi connectivity index (χ1n) is 14.1. The van der Waals surface area contributed by atoms with Gasteiger partial charge in [0.2, 0.25) is 11.7 Å². The van der Waals surface area contributed by atoms with E-state index in [1.165, 1.54) is 4.68 Å². The lowest BCUT2D eigenvalue weighted by molar-refractivity contribution is -0.127. The summed E-state index contributed by atoms with van der Waals surface area (Å²) in [5, 5.41) is 10.2. The average Bonchev–Trinajstić information content (AvgIpc) is 3.63. The predicted molar refractivity (Wildman–Crippen MR) is 146 cm³/mol. The highest BCUT2D eigenvalue weighted by molar-refractivity contribution is 5.99. The minimum atomic E-state index is -0.871. The summed E-state index contributed by atoms with van der Waals surface area (Å²) >= 11 is 0. The van der Waals surface area contributed by atoms with Crippen molar-refractivity contribution < 1.29 is 18.8 Å². The Balaban J connectivity index is 1.47. The van der Waals surface area contributed by atoms with E-state index in [0.29, 0.717) is 43.8 Å². The molecule has 2 N–H and O–H groups in total. The second-order valence-corrected chi connectivity index (χ2v) is 11.7. The first kappa shape index (κ1) is 28.7. The summed E-state index contributed by atoms with van der Waals surface area (Å²) < 4.78 is 6.40. The molecule has 10 heteroatoms. The molecule has 2 aliphatic rings. The fourth-order valence-electron chi connectivity index (χ4n) is 5.28. The zero-order valence-electron chi connectivity index (χ0n) is 23.4. The van der Waals surface area contributed by atoms with Crippen LogP contribution in [0.3, 0.4) is 0 Å². The maximum atomic E-state index is 13.6. The van der Waals surface area contributed by atoms with E-state index in [-0.39, 0.29) is 29.7 Å². The first-order chi connectivity index (χ1) is 18.6. The van der Waals surface area contributed by atoms with Gasteiger partial charge < -0.3 is 20.0 Å². The summed E-state index contributed by atoms with van der Waals surface area (Å²) in [5.41, 5.74) is 1.52. The van der Waals surface area contributed by atoms with E-state index >= 15 is 0 Å². The quantitative estimate of drug-likeness (QED) is 0.397. The van der Waals surface area contributed by atoms with Crippen molar-refractivity contribution in [2.45, 2.75) is 84.0 Å². The molecule has 2 aromatic rings. The zero-order valence-corrected chi connectivity index (χ0v) is 23.4. The van der Waals surface area contributed by atoms with Gasteiger partial charge in [-0.25, -0.2) is 4.79 Å². The highest BCUT2D eigenvalue weighted by atomic mass is 16.4. The second-order valence-electron chi connectivity index (χ2n) is 11.7. The average molecular weight is 540 g/mol. The third-order valence-corrected chi connectivity index (χ3v) is 7.45. The number of carbonyl (C=O) groups excluding carboxylic acids is 3. The summed E-state index contributed by atoms with van der Waals surface area (Å²) in [4.78, 5) is 54.4. The van der Waals surface area contributed by atoms with Crippen molar-refractivity contribution in [1.29, 1.82) is 0 Å². The monoisotopic (exact) mass is 539 g/mol. The molecule has 1 unspecified atom stereocenters. The van der Waals surface area contributed by atoms with Gasteiger partial charge in [0.1, 0.15) is 0 Å². The van der Waals surface area contributed by atoms with Gasteiger partial charge >= 0.3 is 5.76 Å². The summed E-state index contributed by atoms with van der Waals surface area (Å²) in [6.45, 7) is 4.99. The molecule has 1 aromatic heterocycles. The van der Waals surface area contributed by atoms with Crippen LogP contribution in [0.15, 0.2) is 33.5 Å². The molecule has 0 saturated heterocycles. The van der Waals surface area contributed by atoms with E-state index in [4.69, 9.17) is 4.42 Å². The normalized spacial score (nSPS) is 20.2. The summed E-state index contributed by atoms with van der Waals surface area (Å²) in [5.74, 6) is -1.86. The molecule has 2 fully saturated rings. The molecule has 10 nitrogen and oxygen atoms in total. The highest BCUT2D eigenvalue weighted by Crippen LogP contribution is 2.30. The number of benzene rings is 1. The van der Waals surface area contributed by atoms with Gasteiger partial charge in [-0.15, -0.1) is 5.10 Å². The van der Waals surface area contributed by atoms with Gasteiger partial charge in [0.15, 0.2) is 0 Å². The molecule has 39 heavy (non-hydrogen) atoms. The van der Waals surface area contributed by atoms with Crippen molar-refractivity contribution in [2.24, 2.45) is 17.8 Å². The molecule has 1 aromatic carbocycles. The van der Waals surface area contributed by atoms with Gasteiger partial charge in [0.25, 0.3) is 11.8 Å². The van der Waals surface area contributed by atoms with E-state index in [2.05, 4.69) is 15.7 Å². The molecular weight excluding hydrogens is 498 g/mol. The molecular formula is C29H41N5O5. The van der Waals surface area contributed by atoms with Crippen LogP contribution in [0.5, 0.6) is 0 Å². The molecule has 2 saturated carbocycles. The number of ketones is 1. The Morgan fingerprint density at radius 3 is 2.51 bits per heavy atom.